The van der Waals surface area contributed by atoms with Gasteiger partial charge in [-0.3, -0.25) is 0 Å². The van der Waals surface area contributed by atoms with Gasteiger partial charge in [-0.15, -0.1) is 0 Å². The van der Waals surface area contributed by atoms with Crippen LogP contribution in [0.3, 0.4) is 0 Å². The molecule has 0 fully saturated rings. The van der Waals surface area contributed by atoms with Gasteiger partial charge >= 0.3 is 0 Å². The Labute approximate surface area is 256 Å². The molecule has 0 spiro atoms. The lowest BCUT2D eigenvalue weighted by Gasteiger charge is -2.20. The van der Waals surface area contributed by atoms with E-state index in [-0.39, 0.29) is 0 Å². The molecule has 204 valence electrons. The molecule has 9 rings (SSSR count). The lowest BCUT2D eigenvalue weighted by atomic mass is 9.83. The molecule has 9 aromatic rings. The van der Waals surface area contributed by atoms with Crippen LogP contribution in [-0.2, 0) is 0 Å². The summed E-state index contributed by atoms with van der Waals surface area (Å²) in [7, 11) is 0. The van der Waals surface area contributed by atoms with Crippen molar-refractivity contribution in [3.05, 3.63) is 170 Å². The molecule has 44 heavy (non-hydrogen) atoms. The van der Waals surface area contributed by atoms with E-state index in [0.29, 0.717) is 0 Å². The molecule has 0 aliphatic rings. The van der Waals surface area contributed by atoms with E-state index >= 15 is 0 Å². The normalized spacial score (nSPS) is 11.6. The fourth-order valence-corrected chi connectivity index (χ4v) is 7.34. The summed E-state index contributed by atoms with van der Waals surface area (Å²) in [4.78, 5) is 0. The number of fused-ring (bicyclic) bond motifs is 9. The molecule has 0 aliphatic heterocycles. The van der Waals surface area contributed by atoms with Crippen LogP contribution in [0.15, 0.2) is 170 Å². The minimum atomic E-state index is 1.23. The van der Waals surface area contributed by atoms with Gasteiger partial charge in [0.05, 0.1) is 0 Å². The highest BCUT2D eigenvalue weighted by Gasteiger charge is 2.19. The lowest BCUT2D eigenvalue weighted by Crippen LogP contribution is -1.93. The van der Waals surface area contributed by atoms with Crippen molar-refractivity contribution < 1.29 is 0 Å². The van der Waals surface area contributed by atoms with Crippen molar-refractivity contribution in [1.82, 2.24) is 0 Å². The van der Waals surface area contributed by atoms with Gasteiger partial charge in [0.25, 0.3) is 0 Å². The Kier molecular flexibility index (Phi) is 5.61. The minimum Gasteiger partial charge on any atom is -0.0622 e. The number of hydrogen-bond donors (Lipinski definition) is 0. The van der Waals surface area contributed by atoms with E-state index in [4.69, 9.17) is 0 Å². The summed E-state index contributed by atoms with van der Waals surface area (Å²) < 4.78 is 0. The molecule has 0 atom stereocenters. The maximum atomic E-state index is 2.32. The SMILES string of the molecule is c1ccc(-c2ccc3ccccc3c2-c2ccccc2-c2cccc3c4ccccc4c4ccc5ccccc5c4c23)cc1. The Hall–Kier alpha value is -5.72. The molecular weight excluding hydrogens is 528 g/mol. The van der Waals surface area contributed by atoms with Gasteiger partial charge in [0.15, 0.2) is 0 Å². The third-order valence-electron chi connectivity index (χ3n) is 9.25. The zero-order valence-electron chi connectivity index (χ0n) is 24.2. The van der Waals surface area contributed by atoms with Crippen LogP contribution in [0.2, 0.25) is 0 Å². The fraction of sp³-hybridized carbons (Fsp3) is 0. The monoisotopic (exact) mass is 556 g/mol. The van der Waals surface area contributed by atoms with Crippen molar-refractivity contribution in [1.29, 1.82) is 0 Å². The molecule has 0 saturated heterocycles. The van der Waals surface area contributed by atoms with Crippen LogP contribution in [0.5, 0.6) is 0 Å². The smallest absolute Gasteiger partial charge is 0.00139 e. The van der Waals surface area contributed by atoms with Crippen molar-refractivity contribution in [2.24, 2.45) is 0 Å². The Morgan fingerprint density at radius 1 is 0.227 bits per heavy atom. The van der Waals surface area contributed by atoms with Gasteiger partial charge in [-0.25, -0.2) is 0 Å². The lowest BCUT2D eigenvalue weighted by molar-refractivity contribution is 1.60. The summed E-state index contributed by atoms with van der Waals surface area (Å²) >= 11 is 0. The predicted octanol–water partition coefficient (Wildman–Crippen LogP) is 12.5. The van der Waals surface area contributed by atoms with Crippen molar-refractivity contribution >= 4 is 53.9 Å². The highest BCUT2D eigenvalue weighted by molar-refractivity contribution is 6.34. The molecule has 0 heterocycles. The minimum absolute atomic E-state index is 1.23. The first-order valence-corrected chi connectivity index (χ1v) is 15.3. The first kappa shape index (κ1) is 24.8. The standard InChI is InChI=1S/C44H28/c1-2-13-29(14-3-1)34-27-25-30-15-4-6-17-32(30)42(34)38-22-11-10-21-37(38)40-24-12-23-39-35-19-8-9-20-36(35)41-28-26-31-16-5-7-18-33(31)43(41)44(39)40/h1-28H. The molecule has 0 radical (unpaired) electrons. The first-order valence-electron chi connectivity index (χ1n) is 15.3. The summed E-state index contributed by atoms with van der Waals surface area (Å²) in [5.41, 5.74) is 7.50. The van der Waals surface area contributed by atoms with Crippen molar-refractivity contribution in [3.63, 3.8) is 0 Å². The molecule has 0 N–H and O–H groups in total. The molecule has 0 unspecified atom stereocenters. The van der Waals surface area contributed by atoms with E-state index in [9.17, 15) is 0 Å². The van der Waals surface area contributed by atoms with Crippen molar-refractivity contribution in [3.8, 4) is 33.4 Å². The van der Waals surface area contributed by atoms with Crippen LogP contribution in [0.25, 0.3) is 87.2 Å². The summed E-state index contributed by atoms with van der Waals surface area (Å²) in [5.74, 6) is 0. The zero-order valence-corrected chi connectivity index (χ0v) is 24.2. The van der Waals surface area contributed by atoms with Gasteiger partial charge in [0.2, 0.25) is 0 Å². The molecule has 0 bridgehead atoms. The molecule has 0 nitrogen and oxygen atoms in total. The molecule has 0 saturated carbocycles. The van der Waals surface area contributed by atoms with Crippen LogP contribution < -0.4 is 0 Å². The second-order valence-electron chi connectivity index (χ2n) is 11.6. The molecule has 0 aliphatic carbocycles. The predicted molar refractivity (Wildman–Crippen MR) is 190 cm³/mol. The highest BCUT2D eigenvalue weighted by Crippen LogP contribution is 2.47. The molecular formula is C44H28. The maximum absolute atomic E-state index is 2.32. The average Bonchev–Trinajstić information content (AvgIpc) is 3.11. The van der Waals surface area contributed by atoms with Crippen LogP contribution in [0, 0.1) is 0 Å². The van der Waals surface area contributed by atoms with E-state index in [2.05, 4.69) is 170 Å². The van der Waals surface area contributed by atoms with E-state index in [1.54, 1.807) is 0 Å². The Morgan fingerprint density at radius 2 is 0.750 bits per heavy atom. The van der Waals surface area contributed by atoms with Gasteiger partial charge < -0.3 is 0 Å². The Balaban J connectivity index is 1.47. The number of benzene rings is 9. The fourth-order valence-electron chi connectivity index (χ4n) is 7.34. The van der Waals surface area contributed by atoms with Crippen molar-refractivity contribution in [2.75, 3.05) is 0 Å². The maximum Gasteiger partial charge on any atom is -0.00139 e. The average molecular weight is 557 g/mol. The zero-order chi connectivity index (χ0) is 29.0. The summed E-state index contributed by atoms with van der Waals surface area (Å²) in [6.45, 7) is 0. The Morgan fingerprint density at radius 3 is 1.52 bits per heavy atom. The van der Waals surface area contributed by atoms with E-state index in [1.165, 1.54) is 87.2 Å². The largest absolute Gasteiger partial charge is 0.0622 e. The van der Waals surface area contributed by atoms with Gasteiger partial charge in [0.1, 0.15) is 0 Å². The first-order chi connectivity index (χ1) is 21.9. The molecule has 0 heteroatoms. The van der Waals surface area contributed by atoms with Crippen LogP contribution in [0.4, 0.5) is 0 Å². The van der Waals surface area contributed by atoms with Crippen LogP contribution in [-0.4, -0.2) is 0 Å². The number of hydrogen-bond acceptors (Lipinski definition) is 0. The van der Waals surface area contributed by atoms with Gasteiger partial charge in [-0.1, -0.05) is 170 Å². The second-order valence-corrected chi connectivity index (χ2v) is 11.6. The number of rotatable bonds is 3. The van der Waals surface area contributed by atoms with E-state index in [1.807, 2.05) is 0 Å². The summed E-state index contributed by atoms with van der Waals surface area (Å²) in [5, 5.41) is 12.9. The van der Waals surface area contributed by atoms with Crippen LogP contribution in [0.1, 0.15) is 0 Å². The molecule has 0 amide bonds. The molecule has 0 aromatic heterocycles. The Bertz CT molecular complexity index is 2540. The van der Waals surface area contributed by atoms with Gasteiger partial charge in [0, 0.05) is 0 Å². The summed E-state index contributed by atoms with van der Waals surface area (Å²) in [6.07, 6.45) is 0. The topological polar surface area (TPSA) is 0 Å². The van der Waals surface area contributed by atoms with Gasteiger partial charge in [-0.2, -0.15) is 0 Å². The highest BCUT2D eigenvalue weighted by atomic mass is 14.2. The molecule has 9 aromatic carbocycles. The summed E-state index contributed by atoms with van der Waals surface area (Å²) in [6, 6.07) is 62.3. The third kappa shape index (κ3) is 3.71. The second kappa shape index (κ2) is 9.93. The van der Waals surface area contributed by atoms with Gasteiger partial charge in [-0.05, 0) is 87.2 Å². The third-order valence-corrected chi connectivity index (χ3v) is 9.25. The quantitative estimate of drug-likeness (QED) is 0.190. The van der Waals surface area contributed by atoms with Crippen LogP contribution >= 0.6 is 0 Å². The van der Waals surface area contributed by atoms with E-state index in [0.717, 1.165) is 0 Å². The van der Waals surface area contributed by atoms with E-state index < -0.39 is 0 Å². The van der Waals surface area contributed by atoms with Crippen molar-refractivity contribution in [2.45, 2.75) is 0 Å².